The summed E-state index contributed by atoms with van der Waals surface area (Å²) in [6.45, 7) is 0. The molecule has 0 aromatic heterocycles. The smallest absolute Gasteiger partial charge is 0.248 e. The zero-order valence-electron chi connectivity index (χ0n) is 6.68. The Labute approximate surface area is 86.0 Å². The number of carbonyl (C=O) groups excluding carboxylic acids is 1. The number of halogens is 2. The molecule has 0 heterocycles. The fourth-order valence-corrected chi connectivity index (χ4v) is 1.81. The second kappa shape index (κ2) is 3.17. The van der Waals surface area contributed by atoms with Crippen LogP contribution in [-0.2, 0) is 4.79 Å². The van der Waals surface area contributed by atoms with Gasteiger partial charge >= 0.3 is 0 Å². The molecule has 0 fully saturated rings. The third-order valence-corrected chi connectivity index (χ3v) is 2.53. The molecule has 1 nitrogen and oxygen atoms in total. The lowest BCUT2D eigenvalue weighted by Gasteiger charge is -2.09. The molecule has 0 radical (unpaired) electrons. The molecule has 0 amide bonds. The Morgan fingerprint density at radius 2 is 2.08 bits per heavy atom. The molecule has 0 unspecified atom stereocenters. The first-order valence-electron chi connectivity index (χ1n) is 3.85. The van der Waals surface area contributed by atoms with Gasteiger partial charge in [-0.25, -0.2) is 0 Å². The first kappa shape index (κ1) is 8.79. The standard InChI is InChI=1S/C10H6Cl2O/c11-9-4-6-1-2-7(10(12)13)3-8(6)5-9/h1-2,4-5H,3H2. The lowest BCUT2D eigenvalue weighted by molar-refractivity contribution is -0.108. The zero-order chi connectivity index (χ0) is 9.42. The van der Waals surface area contributed by atoms with E-state index in [1.54, 1.807) is 6.08 Å². The van der Waals surface area contributed by atoms with Crippen molar-refractivity contribution in [2.45, 2.75) is 6.42 Å². The molecular weight excluding hydrogens is 207 g/mol. The van der Waals surface area contributed by atoms with Crippen molar-refractivity contribution in [2.75, 3.05) is 0 Å². The van der Waals surface area contributed by atoms with Crippen LogP contribution < -0.4 is 0 Å². The van der Waals surface area contributed by atoms with Crippen LogP contribution in [0, 0.1) is 0 Å². The molecule has 2 rings (SSSR count). The van der Waals surface area contributed by atoms with Crippen LogP contribution in [0.2, 0.25) is 0 Å². The minimum atomic E-state index is -0.390. The number of fused-ring (bicyclic) bond motifs is 1. The molecule has 0 saturated carbocycles. The Morgan fingerprint density at radius 3 is 2.77 bits per heavy atom. The molecule has 0 N–H and O–H groups in total. The Bertz CT molecular complexity index is 397. The van der Waals surface area contributed by atoms with E-state index in [9.17, 15) is 4.79 Å². The van der Waals surface area contributed by atoms with Crippen molar-refractivity contribution in [1.82, 2.24) is 0 Å². The van der Waals surface area contributed by atoms with Gasteiger partial charge in [0.25, 0.3) is 0 Å². The van der Waals surface area contributed by atoms with Crippen molar-refractivity contribution in [3.8, 4) is 0 Å². The molecule has 0 aromatic rings. The summed E-state index contributed by atoms with van der Waals surface area (Å²) in [6, 6.07) is 0. The molecular formula is C10H6Cl2O. The number of hydrogen-bond donors (Lipinski definition) is 0. The lowest BCUT2D eigenvalue weighted by atomic mass is 9.96. The Kier molecular flexibility index (Phi) is 2.14. The van der Waals surface area contributed by atoms with E-state index < -0.39 is 0 Å². The van der Waals surface area contributed by atoms with Gasteiger partial charge in [0.1, 0.15) is 0 Å². The summed E-state index contributed by atoms with van der Waals surface area (Å²) in [5.74, 6) is 0. The summed E-state index contributed by atoms with van der Waals surface area (Å²) in [7, 11) is 0. The van der Waals surface area contributed by atoms with Crippen LogP contribution in [0.15, 0.2) is 46.1 Å². The van der Waals surface area contributed by atoms with Gasteiger partial charge < -0.3 is 0 Å². The van der Waals surface area contributed by atoms with Gasteiger partial charge in [-0.15, -0.1) is 0 Å². The van der Waals surface area contributed by atoms with E-state index in [0.29, 0.717) is 17.0 Å². The molecule has 0 saturated heterocycles. The topological polar surface area (TPSA) is 17.1 Å². The quantitative estimate of drug-likeness (QED) is 0.611. The predicted octanol–water partition coefficient (Wildman–Crippen LogP) is 3.07. The zero-order valence-corrected chi connectivity index (χ0v) is 8.19. The van der Waals surface area contributed by atoms with E-state index in [1.807, 2.05) is 18.2 Å². The Morgan fingerprint density at radius 1 is 1.31 bits per heavy atom. The van der Waals surface area contributed by atoms with Crippen LogP contribution in [0.25, 0.3) is 0 Å². The van der Waals surface area contributed by atoms with E-state index in [0.717, 1.165) is 11.1 Å². The monoisotopic (exact) mass is 212 g/mol. The number of carbonyl (C=O) groups is 1. The summed E-state index contributed by atoms with van der Waals surface area (Å²) in [4.78, 5) is 10.9. The highest BCUT2D eigenvalue weighted by Crippen LogP contribution is 2.33. The predicted molar refractivity (Wildman–Crippen MR) is 53.7 cm³/mol. The maximum atomic E-state index is 10.9. The van der Waals surface area contributed by atoms with Crippen molar-refractivity contribution in [3.05, 3.63) is 46.1 Å². The fraction of sp³-hybridized carbons (Fsp3) is 0.100. The number of allylic oxidation sites excluding steroid dienone is 8. The third-order valence-electron chi connectivity index (χ3n) is 2.07. The molecule has 0 aromatic carbocycles. The maximum absolute atomic E-state index is 10.9. The Balaban J connectivity index is 2.34. The van der Waals surface area contributed by atoms with Gasteiger partial charge in [-0.1, -0.05) is 23.8 Å². The van der Waals surface area contributed by atoms with Crippen molar-refractivity contribution in [1.29, 1.82) is 0 Å². The summed E-state index contributed by atoms with van der Waals surface area (Å²) in [5, 5.41) is 0.317. The van der Waals surface area contributed by atoms with Crippen molar-refractivity contribution >= 4 is 28.4 Å². The average Bonchev–Trinajstić information content (AvgIpc) is 2.42. The highest BCUT2D eigenvalue weighted by atomic mass is 35.5. The van der Waals surface area contributed by atoms with Gasteiger partial charge in [-0.2, -0.15) is 0 Å². The molecule has 3 heteroatoms. The summed E-state index contributed by atoms with van der Waals surface area (Å²) in [5.41, 5.74) is 2.76. The normalized spacial score (nSPS) is 19.8. The van der Waals surface area contributed by atoms with Crippen LogP contribution in [-0.4, -0.2) is 5.24 Å². The average molecular weight is 213 g/mol. The molecule has 66 valence electrons. The van der Waals surface area contributed by atoms with Gasteiger partial charge in [0, 0.05) is 17.0 Å². The van der Waals surface area contributed by atoms with Crippen LogP contribution in [0.5, 0.6) is 0 Å². The first-order chi connectivity index (χ1) is 6.16. The molecule has 0 atom stereocenters. The van der Waals surface area contributed by atoms with Gasteiger partial charge in [-0.05, 0) is 34.9 Å². The molecule has 2 aliphatic carbocycles. The second-order valence-electron chi connectivity index (χ2n) is 2.96. The van der Waals surface area contributed by atoms with Crippen molar-refractivity contribution < 1.29 is 4.79 Å². The van der Waals surface area contributed by atoms with E-state index in [-0.39, 0.29) is 5.24 Å². The third kappa shape index (κ3) is 1.62. The Hall–Kier alpha value is -0.790. The highest BCUT2D eigenvalue weighted by molar-refractivity contribution is 6.67. The fourth-order valence-electron chi connectivity index (χ4n) is 1.43. The van der Waals surface area contributed by atoms with Crippen molar-refractivity contribution in [2.24, 2.45) is 0 Å². The summed E-state index contributed by atoms with van der Waals surface area (Å²) >= 11 is 11.2. The number of hydrogen-bond acceptors (Lipinski definition) is 1. The minimum absolute atomic E-state index is 0.390. The maximum Gasteiger partial charge on any atom is 0.248 e. The van der Waals surface area contributed by atoms with Crippen LogP contribution in [0.1, 0.15) is 6.42 Å². The first-order valence-corrected chi connectivity index (χ1v) is 4.61. The lowest BCUT2D eigenvalue weighted by Crippen LogP contribution is -1.99. The highest BCUT2D eigenvalue weighted by Gasteiger charge is 2.18. The van der Waals surface area contributed by atoms with Crippen LogP contribution in [0.4, 0.5) is 0 Å². The summed E-state index contributed by atoms with van der Waals surface area (Å²) in [6.07, 6.45) is 7.93. The van der Waals surface area contributed by atoms with E-state index >= 15 is 0 Å². The van der Waals surface area contributed by atoms with E-state index in [4.69, 9.17) is 23.2 Å². The van der Waals surface area contributed by atoms with Crippen LogP contribution in [0.3, 0.4) is 0 Å². The SMILES string of the molecule is O=C(Cl)C1=CC=C2C=C(Cl)C=C2C1. The van der Waals surface area contributed by atoms with Gasteiger partial charge in [-0.3, -0.25) is 4.79 Å². The van der Waals surface area contributed by atoms with Crippen molar-refractivity contribution in [3.63, 3.8) is 0 Å². The molecule has 0 spiro atoms. The van der Waals surface area contributed by atoms with Crippen LogP contribution >= 0.6 is 23.2 Å². The number of rotatable bonds is 1. The summed E-state index contributed by atoms with van der Waals surface area (Å²) < 4.78 is 0. The second-order valence-corrected chi connectivity index (χ2v) is 3.74. The molecule has 2 aliphatic rings. The molecule has 0 bridgehead atoms. The van der Waals surface area contributed by atoms with Gasteiger partial charge in [0.15, 0.2) is 0 Å². The molecule has 0 aliphatic heterocycles. The minimum Gasteiger partial charge on any atom is -0.276 e. The van der Waals surface area contributed by atoms with Gasteiger partial charge in [0.05, 0.1) is 0 Å². The van der Waals surface area contributed by atoms with E-state index in [2.05, 4.69) is 0 Å². The molecule has 13 heavy (non-hydrogen) atoms. The van der Waals surface area contributed by atoms with E-state index in [1.165, 1.54) is 0 Å². The largest absolute Gasteiger partial charge is 0.276 e. The van der Waals surface area contributed by atoms with Gasteiger partial charge in [0.2, 0.25) is 5.24 Å².